The zero-order valence-electron chi connectivity index (χ0n) is 9.10. The predicted molar refractivity (Wildman–Crippen MR) is 69.2 cm³/mol. The molecule has 2 rings (SSSR count). The minimum absolute atomic E-state index is 0.695. The van der Waals surface area contributed by atoms with Crippen molar-refractivity contribution in [1.29, 1.82) is 0 Å². The average Bonchev–Trinajstić information content (AvgIpc) is 2.99. The van der Waals surface area contributed by atoms with E-state index in [1.807, 2.05) is 12.1 Å². The van der Waals surface area contributed by atoms with Crippen molar-refractivity contribution in [2.45, 2.75) is 25.4 Å². The number of rotatable bonds is 6. The first-order valence-electron chi connectivity index (χ1n) is 5.63. The van der Waals surface area contributed by atoms with Crippen LogP contribution in [0.25, 0.3) is 0 Å². The Hall–Kier alpha value is -0.280. The summed E-state index contributed by atoms with van der Waals surface area (Å²) >= 11 is 11.8. The lowest BCUT2D eigenvalue weighted by Gasteiger charge is -2.06. The second-order valence-electron chi connectivity index (χ2n) is 4.18. The Bertz CT molecular complexity index is 331. The van der Waals surface area contributed by atoms with E-state index < -0.39 is 0 Å². The summed E-state index contributed by atoms with van der Waals surface area (Å²) < 4.78 is 0. The quantitative estimate of drug-likeness (QED) is 0.767. The van der Waals surface area contributed by atoms with E-state index in [4.69, 9.17) is 23.2 Å². The van der Waals surface area contributed by atoms with Gasteiger partial charge in [0.25, 0.3) is 0 Å². The van der Waals surface area contributed by atoms with Gasteiger partial charge in [0.1, 0.15) is 0 Å². The van der Waals surface area contributed by atoms with Gasteiger partial charge in [-0.25, -0.2) is 0 Å². The van der Waals surface area contributed by atoms with Crippen LogP contribution in [0.2, 0.25) is 10.0 Å². The van der Waals surface area contributed by atoms with Gasteiger partial charge in [0.15, 0.2) is 0 Å². The second-order valence-corrected chi connectivity index (χ2v) is 5.06. The number of benzene rings is 1. The molecule has 0 amide bonds. The summed E-state index contributed by atoms with van der Waals surface area (Å²) in [6.45, 7) is 2.81. The van der Waals surface area contributed by atoms with Gasteiger partial charge < -0.3 is 10.6 Å². The molecule has 1 aromatic rings. The SMILES string of the molecule is Clc1cc(Cl)cc(CNCCNC2CC2)c1. The third kappa shape index (κ3) is 4.30. The van der Waals surface area contributed by atoms with Gasteiger partial charge in [-0.15, -0.1) is 0 Å². The fraction of sp³-hybridized carbons (Fsp3) is 0.500. The Morgan fingerprint density at radius 1 is 1.06 bits per heavy atom. The van der Waals surface area contributed by atoms with Gasteiger partial charge in [0, 0.05) is 35.7 Å². The largest absolute Gasteiger partial charge is 0.313 e. The maximum atomic E-state index is 5.92. The molecule has 0 heterocycles. The Labute approximate surface area is 106 Å². The molecule has 0 unspecified atom stereocenters. The first-order chi connectivity index (χ1) is 7.74. The van der Waals surface area contributed by atoms with Crippen molar-refractivity contribution in [3.05, 3.63) is 33.8 Å². The van der Waals surface area contributed by atoms with E-state index in [9.17, 15) is 0 Å². The van der Waals surface area contributed by atoms with Gasteiger partial charge in [-0.1, -0.05) is 23.2 Å². The summed E-state index contributed by atoms with van der Waals surface area (Å²) in [5.41, 5.74) is 1.13. The van der Waals surface area contributed by atoms with Crippen molar-refractivity contribution in [3.63, 3.8) is 0 Å². The smallest absolute Gasteiger partial charge is 0.0424 e. The number of hydrogen-bond acceptors (Lipinski definition) is 2. The minimum atomic E-state index is 0.695. The van der Waals surface area contributed by atoms with Crippen LogP contribution in [0.4, 0.5) is 0 Å². The molecular formula is C12H16Cl2N2. The molecule has 1 aliphatic rings. The number of nitrogens with one attached hydrogen (secondary N) is 2. The van der Waals surface area contributed by atoms with Crippen LogP contribution >= 0.6 is 23.2 Å². The standard InChI is InChI=1S/C12H16Cl2N2/c13-10-5-9(6-11(14)7-10)8-15-3-4-16-12-1-2-12/h5-7,12,15-16H,1-4,8H2. The minimum Gasteiger partial charge on any atom is -0.313 e. The molecule has 0 aliphatic heterocycles. The molecule has 0 spiro atoms. The van der Waals surface area contributed by atoms with Crippen molar-refractivity contribution < 1.29 is 0 Å². The van der Waals surface area contributed by atoms with Crippen LogP contribution in [0.5, 0.6) is 0 Å². The number of hydrogen-bond donors (Lipinski definition) is 2. The molecular weight excluding hydrogens is 243 g/mol. The summed E-state index contributed by atoms with van der Waals surface area (Å²) in [6, 6.07) is 6.41. The highest BCUT2D eigenvalue weighted by molar-refractivity contribution is 6.34. The molecule has 0 aromatic heterocycles. The molecule has 1 aromatic carbocycles. The van der Waals surface area contributed by atoms with E-state index in [1.54, 1.807) is 6.07 Å². The van der Waals surface area contributed by atoms with Gasteiger partial charge in [-0.3, -0.25) is 0 Å². The maximum absolute atomic E-state index is 5.92. The zero-order chi connectivity index (χ0) is 11.4. The van der Waals surface area contributed by atoms with Crippen molar-refractivity contribution in [3.8, 4) is 0 Å². The molecule has 4 heteroatoms. The third-order valence-corrected chi connectivity index (χ3v) is 3.00. The van der Waals surface area contributed by atoms with E-state index in [1.165, 1.54) is 12.8 Å². The molecule has 0 saturated heterocycles. The van der Waals surface area contributed by atoms with Crippen LogP contribution in [-0.4, -0.2) is 19.1 Å². The Morgan fingerprint density at radius 2 is 1.75 bits per heavy atom. The third-order valence-electron chi connectivity index (χ3n) is 2.56. The van der Waals surface area contributed by atoms with Gasteiger partial charge >= 0.3 is 0 Å². The zero-order valence-corrected chi connectivity index (χ0v) is 10.6. The fourth-order valence-electron chi connectivity index (χ4n) is 1.60. The molecule has 0 bridgehead atoms. The topological polar surface area (TPSA) is 24.1 Å². The lowest BCUT2D eigenvalue weighted by atomic mass is 10.2. The second kappa shape index (κ2) is 5.87. The summed E-state index contributed by atoms with van der Waals surface area (Å²) in [5.74, 6) is 0. The van der Waals surface area contributed by atoms with Gasteiger partial charge in [0.05, 0.1) is 0 Å². The summed E-state index contributed by atoms with van der Waals surface area (Å²) in [5, 5.41) is 8.20. The first-order valence-corrected chi connectivity index (χ1v) is 6.39. The van der Waals surface area contributed by atoms with Crippen LogP contribution in [0.15, 0.2) is 18.2 Å². The molecule has 16 heavy (non-hydrogen) atoms. The average molecular weight is 259 g/mol. The van der Waals surface area contributed by atoms with Crippen LogP contribution < -0.4 is 10.6 Å². The van der Waals surface area contributed by atoms with E-state index in [2.05, 4.69) is 10.6 Å². The molecule has 1 aliphatic carbocycles. The summed E-state index contributed by atoms with van der Waals surface area (Å²) in [4.78, 5) is 0. The Balaban J connectivity index is 1.67. The van der Waals surface area contributed by atoms with Crippen LogP contribution in [0.3, 0.4) is 0 Å². The fourth-order valence-corrected chi connectivity index (χ4v) is 2.17. The molecule has 2 nitrogen and oxygen atoms in total. The normalized spacial score (nSPS) is 15.4. The highest BCUT2D eigenvalue weighted by Gasteiger charge is 2.19. The van der Waals surface area contributed by atoms with Crippen molar-refractivity contribution >= 4 is 23.2 Å². The van der Waals surface area contributed by atoms with Crippen LogP contribution in [-0.2, 0) is 6.54 Å². The van der Waals surface area contributed by atoms with Crippen molar-refractivity contribution in [2.24, 2.45) is 0 Å². The van der Waals surface area contributed by atoms with Gasteiger partial charge in [-0.05, 0) is 36.6 Å². The monoisotopic (exact) mass is 258 g/mol. The van der Waals surface area contributed by atoms with E-state index in [0.29, 0.717) is 10.0 Å². The lowest BCUT2D eigenvalue weighted by molar-refractivity contribution is 0.608. The lowest BCUT2D eigenvalue weighted by Crippen LogP contribution is -2.28. The number of halogens is 2. The first kappa shape index (κ1) is 12.2. The van der Waals surface area contributed by atoms with Crippen LogP contribution in [0.1, 0.15) is 18.4 Å². The summed E-state index contributed by atoms with van der Waals surface area (Å²) in [6.07, 6.45) is 2.67. The highest BCUT2D eigenvalue weighted by atomic mass is 35.5. The molecule has 0 atom stereocenters. The predicted octanol–water partition coefficient (Wildman–Crippen LogP) is 2.84. The van der Waals surface area contributed by atoms with Gasteiger partial charge in [0.2, 0.25) is 0 Å². The highest BCUT2D eigenvalue weighted by Crippen LogP contribution is 2.19. The van der Waals surface area contributed by atoms with Gasteiger partial charge in [-0.2, -0.15) is 0 Å². The Morgan fingerprint density at radius 3 is 2.38 bits per heavy atom. The van der Waals surface area contributed by atoms with E-state index >= 15 is 0 Å². The van der Waals surface area contributed by atoms with Crippen molar-refractivity contribution in [1.82, 2.24) is 10.6 Å². The Kier molecular flexibility index (Phi) is 4.47. The molecule has 1 saturated carbocycles. The summed E-state index contributed by atoms with van der Waals surface area (Å²) in [7, 11) is 0. The van der Waals surface area contributed by atoms with Crippen molar-refractivity contribution in [2.75, 3.05) is 13.1 Å². The maximum Gasteiger partial charge on any atom is 0.0424 e. The molecule has 88 valence electrons. The van der Waals surface area contributed by atoms with Crippen LogP contribution in [0, 0.1) is 0 Å². The molecule has 1 fully saturated rings. The molecule has 2 N–H and O–H groups in total. The molecule has 0 radical (unpaired) electrons. The van der Waals surface area contributed by atoms with E-state index in [-0.39, 0.29) is 0 Å². The van der Waals surface area contributed by atoms with E-state index in [0.717, 1.165) is 31.2 Å².